The average Bonchev–Trinajstić information content (AvgIpc) is 2.36. The van der Waals surface area contributed by atoms with Gasteiger partial charge >= 0.3 is 0 Å². The molecule has 1 aliphatic carbocycles. The highest BCUT2D eigenvalue weighted by Crippen LogP contribution is 2.43. The summed E-state index contributed by atoms with van der Waals surface area (Å²) in [5.74, 6) is 0.864. The summed E-state index contributed by atoms with van der Waals surface area (Å²) in [7, 11) is 0. The van der Waals surface area contributed by atoms with Crippen LogP contribution in [-0.4, -0.2) is 18.6 Å². The van der Waals surface area contributed by atoms with E-state index in [2.05, 4.69) is 5.32 Å². The van der Waals surface area contributed by atoms with E-state index >= 15 is 0 Å². The number of rotatable bonds is 6. The lowest BCUT2D eigenvalue weighted by Gasteiger charge is -2.40. The molecule has 0 heterocycles. The zero-order valence-corrected chi connectivity index (χ0v) is 12.3. The van der Waals surface area contributed by atoms with Crippen molar-refractivity contribution in [3.05, 3.63) is 24.3 Å². The normalized spacial score (nSPS) is 16.6. The Hall–Kier alpha value is -1.55. The van der Waals surface area contributed by atoms with Crippen molar-refractivity contribution in [2.24, 2.45) is 11.1 Å². The molecule has 0 saturated heterocycles. The first-order valence-corrected chi connectivity index (χ1v) is 7.30. The number of carbonyl (C=O) groups excluding carboxylic acids is 1. The van der Waals surface area contributed by atoms with Crippen molar-refractivity contribution >= 4 is 11.6 Å². The number of benzene rings is 1. The van der Waals surface area contributed by atoms with Crippen LogP contribution in [0.1, 0.15) is 39.5 Å². The lowest BCUT2D eigenvalue weighted by molar-refractivity contribution is -0.119. The molecule has 0 aliphatic heterocycles. The largest absolute Gasteiger partial charge is 0.491 e. The van der Waals surface area contributed by atoms with E-state index in [4.69, 9.17) is 10.5 Å². The van der Waals surface area contributed by atoms with Crippen molar-refractivity contribution in [1.82, 2.24) is 0 Å². The third-order valence-corrected chi connectivity index (χ3v) is 3.89. The molecule has 1 aromatic rings. The van der Waals surface area contributed by atoms with Crippen molar-refractivity contribution < 1.29 is 9.53 Å². The van der Waals surface area contributed by atoms with Gasteiger partial charge in [-0.15, -0.1) is 0 Å². The summed E-state index contributed by atoms with van der Waals surface area (Å²) >= 11 is 0. The van der Waals surface area contributed by atoms with Gasteiger partial charge in [0.05, 0.1) is 6.10 Å². The molecule has 1 amide bonds. The number of anilines is 1. The number of ether oxygens (including phenoxy) is 1. The third-order valence-electron chi connectivity index (χ3n) is 3.89. The molecule has 0 radical (unpaired) electrons. The van der Waals surface area contributed by atoms with E-state index in [1.165, 1.54) is 6.42 Å². The van der Waals surface area contributed by atoms with Crippen LogP contribution in [0.3, 0.4) is 0 Å². The molecule has 1 fully saturated rings. The highest BCUT2D eigenvalue weighted by atomic mass is 16.5. The molecule has 3 N–H and O–H groups in total. The van der Waals surface area contributed by atoms with Gasteiger partial charge in [-0.2, -0.15) is 0 Å². The molecular formula is C16H24N2O2. The first-order chi connectivity index (χ1) is 9.53. The molecule has 0 spiro atoms. The second-order valence-corrected chi connectivity index (χ2v) is 5.97. The fourth-order valence-corrected chi connectivity index (χ4v) is 2.56. The van der Waals surface area contributed by atoms with Gasteiger partial charge in [0, 0.05) is 12.1 Å². The van der Waals surface area contributed by atoms with Gasteiger partial charge in [0.2, 0.25) is 5.91 Å². The maximum absolute atomic E-state index is 12.0. The topological polar surface area (TPSA) is 64.3 Å². The number of amides is 1. The Kier molecular flexibility index (Phi) is 4.65. The van der Waals surface area contributed by atoms with Crippen LogP contribution in [0.4, 0.5) is 5.69 Å². The Balaban J connectivity index is 1.88. The van der Waals surface area contributed by atoms with Gasteiger partial charge in [-0.05, 0) is 62.9 Å². The SMILES string of the molecule is CC(C)Oc1ccc(NC(=O)CC2(CN)CCC2)cc1. The fraction of sp³-hybridized carbons (Fsp3) is 0.562. The van der Waals surface area contributed by atoms with Crippen LogP contribution < -0.4 is 15.8 Å². The third kappa shape index (κ3) is 3.73. The van der Waals surface area contributed by atoms with Gasteiger partial charge in [-0.1, -0.05) is 6.42 Å². The Morgan fingerprint density at radius 2 is 2.00 bits per heavy atom. The van der Waals surface area contributed by atoms with Crippen molar-refractivity contribution in [1.29, 1.82) is 0 Å². The van der Waals surface area contributed by atoms with Crippen molar-refractivity contribution in [3.63, 3.8) is 0 Å². The van der Waals surface area contributed by atoms with E-state index in [9.17, 15) is 4.79 Å². The van der Waals surface area contributed by atoms with Gasteiger partial charge < -0.3 is 15.8 Å². The molecule has 1 aliphatic rings. The van der Waals surface area contributed by atoms with E-state index in [0.717, 1.165) is 24.3 Å². The maximum Gasteiger partial charge on any atom is 0.224 e. The van der Waals surface area contributed by atoms with Crippen molar-refractivity contribution in [3.8, 4) is 5.75 Å². The summed E-state index contributed by atoms with van der Waals surface area (Å²) in [6, 6.07) is 7.48. The Labute approximate surface area is 120 Å². The highest BCUT2D eigenvalue weighted by Gasteiger charge is 2.37. The number of nitrogens with two attached hydrogens (primary N) is 1. The predicted molar refractivity (Wildman–Crippen MR) is 80.8 cm³/mol. The molecule has 0 bridgehead atoms. The van der Waals surface area contributed by atoms with E-state index in [-0.39, 0.29) is 17.4 Å². The summed E-state index contributed by atoms with van der Waals surface area (Å²) < 4.78 is 5.57. The van der Waals surface area contributed by atoms with Crippen LogP contribution in [-0.2, 0) is 4.79 Å². The Morgan fingerprint density at radius 3 is 2.45 bits per heavy atom. The second-order valence-electron chi connectivity index (χ2n) is 5.97. The standard InChI is InChI=1S/C16H24N2O2/c1-12(2)20-14-6-4-13(5-7-14)18-15(19)10-16(11-17)8-3-9-16/h4-7,12H,3,8-11,17H2,1-2H3,(H,18,19). The minimum Gasteiger partial charge on any atom is -0.491 e. The molecular weight excluding hydrogens is 252 g/mol. The quantitative estimate of drug-likeness (QED) is 0.839. The summed E-state index contributed by atoms with van der Waals surface area (Å²) in [5, 5.41) is 2.93. The van der Waals surface area contributed by atoms with Crippen molar-refractivity contribution in [2.75, 3.05) is 11.9 Å². The second kappa shape index (κ2) is 6.27. The van der Waals surface area contributed by atoms with Crippen LogP contribution in [0, 0.1) is 5.41 Å². The first kappa shape index (κ1) is 14.9. The van der Waals surface area contributed by atoms with Gasteiger partial charge in [0.25, 0.3) is 0 Å². The lowest BCUT2D eigenvalue weighted by atomic mass is 9.66. The Bertz CT molecular complexity index is 445. The predicted octanol–water partition coefficient (Wildman–Crippen LogP) is 2.93. The van der Waals surface area contributed by atoms with E-state index in [1.54, 1.807) is 0 Å². The number of hydrogen-bond donors (Lipinski definition) is 2. The number of carbonyl (C=O) groups is 1. The molecule has 2 rings (SSSR count). The molecule has 4 heteroatoms. The zero-order valence-electron chi connectivity index (χ0n) is 12.3. The van der Waals surface area contributed by atoms with Gasteiger partial charge in [-0.25, -0.2) is 0 Å². The van der Waals surface area contributed by atoms with E-state index in [1.807, 2.05) is 38.1 Å². The minimum absolute atomic E-state index is 0.0464. The van der Waals surface area contributed by atoms with Crippen molar-refractivity contribution in [2.45, 2.75) is 45.6 Å². The minimum atomic E-state index is 0.0464. The van der Waals surface area contributed by atoms with Gasteiger partial charge in [0.1, 0.15) is 5.75 Å². The van der Waals surface area contributed by atoms with Gasteiger partial charge in [-0.3, -0.25) is 4.79 Å². The van der Waals surface area contributed by atoms with Crippen LogP contribution in [0.2, 0.25) is 0 Å². The fourth-order valence-electron chi connectivity index (χ4n) is 2.56. The molecule has 1 aromatic carbocycles. The summed E-state index contributed by atoms with van der Waals surface area (Å²) in [6.45, 7) is 4.57. The monoisotopic (exact) mass is 276 g/mol. The van der Waals surface area contributed by atoms with Crippen LogP contribution >= 0.6 is 0 Å². The summed E-state index contributed by atoms with van der Waals surface area (Å²) in [4.78, 5) is 12.0. The molecule has 1 saturated carbocycles. The zero-order chi connectivity index (χ0) is 14.6. The van der Waals surface area contributed by atoms with E-state index < -0.39 is 0 Å². The molecule has 4 nitrogen and oxygen atoms in total. The molecule has 0 atom stereocenters. The molecule has 110 valence electrons. The van der Waals surface area contributed by atoms with Crippen LogP contribution in [0.15, 0.2) is 24.3 Å². The lowest BCUT2D eigenvalue weighted by Crippen LogP contribution is -2.40. The smallest absolute Gasteiger partial charge is 0.224 e. The highest BCUT2D eigenvalue weighted by molar-refractivity contribution is 5.91. The van der Waals surface area contributed by atoms with Gasteiger partial charge in [0.15, 0.2) is 0 Å². The van der Waals surface area contributed by atoms with Crippen LogP contribution in [0.25, 0.3) is 0 Å². The summed E-state index contributed by atoms with van der Waals surface area (Å²) in [5.41, 5.74) is 6.63. The summed E-state index contributed by atoms with van der Waals surface area (Å²) in [6.07, 6.45) is 3.99. The molecule has 0 unspecified atom stereocenters. The first-order valence-electron chi connectivity index (χ1n) is 7.30. The molecule has 20 heavy (non-hydrogen) atoms. The average molecular weight is 276 g/mol. The van der Waals surface area contributed by atoms with Crippen LogP contribution in [0.5, 0.6) is 5.75 Å². The Morgan fingerprint density at radius 1 is 1.35 bits per heavy atom. The molecule has 0 aromatic heterocycles. The maximum atomic E-state index is 12.0. The number of hydrogen-bond acceptors (Lipinski definition) is 3. The number of nitrogens with one attached hydrogen (secondary N) is 1. The van der Waals surface area contributed by atoms with E-state index in [0.29, 0.717) is 13.0 Å².